The van der Waals surface area contributed by atoms with E-state index in [0.717, 1.165) is 34.9 Å². The van der Waals surface area contributed by atoms with Crippen molar-refractivity contribution in [2.75, 3.05) is 6.61 Å². The minimum absolute atomic E-state index is 0.0855. The first-order valence-corrected chi connectivity index (χ1v) is 9.06. The van der Waals surface area contributed by atoms with Crippen LogP contribution in [0, 0.1) is 0 Å². The van der Waals surface area contributed by atoms with Gasteiger partial charge in [0.25, 0.3) is 0 Å². The predicted molar refractivity (Wildman–Crippen MR) is 96.9 cm³/mol. The molecule has 4 nitrogen and oxygen atoms in total. The number of rotatable bonds is 6. The quantitative estimate of drug-likeness (QED) is 0.813. The molecule has 1 saturated carbocycles. The largest absolute Gasteiger partial charge is 0.478 e. The normalized spacial score (nSPS) is 15.4. The highest BCUT2D eigenvalue weighted by atomic mass is 79.9. The minimum atomic E-state index is -0.394. The summed E-state index contributed by atoms with van der Waals surface area (Å²) in [6.45, 7) is 2.91. The second-order valence-corrected chi connectivity index (χ2v) is 6.94. The lowest BCUT2D eigenvalue weighted by Gasteiger charge is -2.40. The van der Waals surface area contributed by atoms with Gasteiger partial charge in [0.1, 0.15) is 0 Å². The summed E-state index contributed by atoms with van der Waals surface area (Å²) >= 11 is 3.45. The van der Waals surface area contributed by atoms with Crippen molar-refractivity contribution in [1.29, 1.82) is 0 Å². The molecule has 1 aromatic carbocycles. The van der Waals surface area contributed by atoms with Crippen molar-refractivity contribution in [2.45, 2.75) is 38.1 Å². The van der Waals surface area contributed by atoms with E-state index >= 15 is 0 Å². The monoisotopic (exact) mass is 388 g/mol. The van der Waals surface area contributed by atoms with Gasteiger partial charge in [0.15, 0.2) is 0 Å². The van der Waals surface area contributed by atoms with E-state index in [1.54, 1.807) is 6.20 Å². The van der Waals surface area contributed by atoms with E-state index in [9.17, 15) is 4.79 Å². The van der Waals surface area contributed by atoms with Crippen LogP contribution in [0.15, 0.2) is 47.1 Å². The average molecular weight is 389 g/mol. The number of benzene rings is 1. The molecular formula is C19H21BrN2O2. The van der Waals surface area contributed by atoms with Gasteiger partial charge < -0.3 is 10.1 Å². The molecule has 1 amide bonds. The van der Waals surface area contributed by atoms with E-state index < -0.39 is 5.41 Å². The fourth-order valence-corrected chi connectivity index (χ4v) is 3.38. The van der Waals surface area contributed by atoms with Crippen molar-refractivity contribution in [1.82, 2.24) is 10.3 Å². The van der Waals surface area contributed by atoms with Gasteiger partial charge in [-0.1, -0.05) is 40.5 Å². The van der Waals surface area contributed by atoms with Crippen molar-refractivity contribution in [3.8, 4) is 5.88 Å². The zero-order valence-electron chi connectivity index (χ0n) is 13.7. The summed E-state index contributed by atoms with van der Waals surface area (Å²) < 4.78 is 6.55. The van der Waals surface area contributed by atoms with Gasteiger partial charge in [0.05, 0.1) is 12.0 Å². The zero-order chi connectivity index (χ0) is 17.0. The fourth-order valence-electron chi connectivity index (χ4n) is 3.12. The molecule has 0 atom stereocenters. The van der Waals surface area contributed by atoms with Gasteiger partial charge >= 0.3 is 0 Å². The second kappa shape index (κ2) is 7.34. The van der Waals surface area contributed by atoms with Crippen LogP contribution in [0.2, 0.25) is 0 Å². The van der Waals surface area contributed by atoms with Crippen LogP contribution >= 0.6 is 15.9 Å². The van der Waals surface area contributed by atoms with Gasteiger partial charge in [-0.2, -0.15) is 0 Å². The molecule has 1 aromatic heterocycles. The molecule has 0 radical (unpaired) electrons. The van der Waals surface area contributed by atoms with Crippen molar-refractivity contribution in [3.05, 3.63) is 58.2 Å². The van der Waals surface area contributed by atoms with E-state index in [0.29, 0.717) is 19.0 Å². The third-order valence-corrected chi connectivity index (χ3v) is 5.14. The number of hydrogen-bond acceptors (Lipinski definition) is 3. The van der Waals surface area contributed by atoms with Gasteiger partial charge in [-0.3, -0.25) is 4.79 Å². The van der Waals surface area contributed by atoms with E-state index in [-0.39, 0.29) is 5.91 Å². The van der Waals surface area contributed by atoms with Crippen LogP contribution in [0.25, 0.3) is 0 Å². The van der Waals surface area contributed by atoms with Gasteiger partial charge in [0.2, 0.25) is 11.8 Å². The predicted octanol–water partition coefficient (Wildman–Crippen LogP) is 3.98. The maximum Gasteiger partial charge on any atom is 0.230 e. The Morgan fingerprint density at radius 2 is 2.04 bits per heavy atom. The topological polar surface area (TPSA) is 51.2 Å². The summed E-state index contributed by atoms with van der Waals surface area (Å²) in [6.07, 6.45) is 4.57. The Hall–Kier alpha value is -1.88. The van der Waals surface area contributed by atoms with Gasteiger partial charge in [-0.05, 0) is 43.5 Å². The average Bonchev–Trinajstić information content (AvgIpc) is 2.55. The summed E-state index contributed by atoms with van der Waals surface area (Å²) in [5, 5.41) is 3.08. The van der Waals surface area contributed by atoms with Crippen molar-refractivity contribution >= 4 is 21.8 Å². The van der Waals surface area contributed by atoms with Crippen LogP contribution < -0.4 is 10.1 Å². The van der Waals surface area contributed by atoms with E-state index in [1.165, 1.54) is 0 Å². The maximum absolute atomic E-state index is 12.9. The number of pyridine rings is 1. The summed E-state index contributed by atoms with van der Waals surface area (Å²) in [7, 11) is 0. The molecule has 0 saturated heterocycles. The van der Waals surface area contributed by atoms with Gasteiger partial charge in [0, 0.05) is 22.8 Å². The Bertz CT molecular complexity index is 712. The lowest BCUT2D eigenvalue weighted by molar-refractivity contribution is -0.130. The first-order valence-electron chi connectivity index (χ1n) is 8.27. The maximum atomic E-state index is 12.9. The summed E-state index contributed by atoms with van der Waals surface area (Å²) in [5.74, 6) is 0.675. The smallest absolute Gasteiger partial charge is 0.230 e. The van der Waals surface area contributed by atoms with Crippen LogP contribution in [0.4, 0.5) is 0 Å². The lowest BCUT2D eigenvalue weighted by atomic mass is 9.64. The number of hydrogen-bond donors (Lipinski definition) is 1. The molecule has 3 rings (SSSR count). The summed E-state index contributed by atoms with van der Waals surface area (Å²) in [5.41, 5.74) is 1.60. The first-order chi connectivity index (χ1) is 11.7. The third kappa shape index (κ3) is 3.31. The number of carbonyl (C=O) groups excluding carboxylic acids is 1. The summed E-state index contributed by atoms with van der Waals surface area (Å²) in [6, 6.07) is 11.9. The van der Waals surface area contributed by atoms with Crippen LogP contribution in [0.3, 0.4) is 0 Å². The van der Waals surface area contributed by atoms with E-state index in [4.69, 9.17) is 4.74 Å². The Morgan fingerprint density at radius 1 is 1.29 bits per heavy atom. The molecule has 0 unspecified atom stereocenters. The number of carbonyl (C=O) groups is 1. The molecule has 1 aliphatic carbocycles. The second-order valence-electron chi connectivity index (χ2n) is 6.03. The molecule has 0 bridgehead atoms. The number of ether oxygens (including phenoxy) is 1. The van der Waals surface area contributed by atoms with E-state index in [1.807, 2.05) is 43.3 Å². The third-order valence-electron chi connectivity index (χ3n) is 4.61. The highest BCUT2D eigenvalue weighted by molar-refractivity contribution is 9.10. The molecule has 1 N–H and O–H groups in total. The van der Waals surface area contributed by atoms with Crippen LogP contribution in [-0.2, 0) is 16.8 Å². The molecule has 0 aliphatic heterocycles. The first kappa shape index (κ1) is 17.0. The Kier molecular flexibility index (Phi) is 5.19. The van der Waals surface area contributed by atoms with Crippen molar-refractivity contribution < 1.29 is 9.53 Å². The molecule has 24 heavy (non-hydrogen) atoms. The standard InChI is InChI=1S/C19H21BrN2O2/c1-2-24-17-14(5-3-12-21-17)13-22-18(23)19(10-4-11-19)15-6-8-16(20)9-7-15/h3,5-9,12H,2,4,10-11,13H2,1H3,(H,22,23). The van der Waals surface area contributed by atoms with Crippen LogP contribution in [0.5, 0.6) is 5.88 Å². The summed E-state index contributed by atoms with van der Waals surface area (Å²) in [4.78, 5) is 17.1. The molecule has 5 heteroatoms. The Balaban J connectivity index is 1.73. The highest BCUT2D eigenvalue weighted by Crippen LogP contribution is 2.44. The number of amides is 1. The number of nitrogens with one attached hydrogen (secondary N) is 1. The molecule has 0 spiro atoms. The molecule has 2 aromatic rings. The highest BCUT2D eigenvalue weighted by Gasteiger charge is 2.45. The molecule has 126 valence electrons. The number of nitrogens with zero attached hydrogens (tertiary/aromatic N) is 1. The van der Waals surface area contributed by atoms with Crippen LogP contribution in [-0.4, -0.2) is 17.5 Å². The van der Waals surface area contributed by atoms with Crippen molar-refractivity contribution in [2.24, 2.45) is 0 Å². The lowest BCUT2D eigenvalue weighted by Crippen LogP contribution is -2.49. The molecule has 1 heterocycles. The molecule has 1 fully saturated rings. The fraction of sp³-hybridized carbons (Fsp3) is 0.368. The van der Waals surface area contributed by atoms with Gasteiger partial charge in [-0.25, -0.2) is 4.98 Å². The molecule has 1 aliphatic rings. The Morgan fingerprint density at radius 3 is 2.67 bits per heavy atom. The zero-order valence-corrected chi connectivity index (χ0v) is 15.3. The SMILES string of the molecule is CCOc1ncccc1CNC(=O)C1(c2ccc(Br)cc2)CCC1. The molecular weight excluding hydrogens is 368 g/mol. The number of halogens is 1. The number of aromatic nitrogens is 1. The van der Waals surface area contributed by atoms with Crippen molar-refractivity contribution in [3.63, 3.8) is 0 Å². The van der Waals surface area contributed by atoms with Crippen LogP contribution in [0.1, 0.15) is 37.3 Å². The Labute approximate surface area is 150 Å². The van der Waals surface area contributed by atoms with E-state index in [2.05, 4.69) is 26.2 Å². The minimum Gasteiger partial charge on any atom is -0.478 e. The van der Waals surface area contributed by atoms with Gasteiger partial charge in [-0.15, -0.1) is 0 Å².